The summed E-state index contributed by atoms with van der Waals surface area (Å²) < 4.78 is 68.3. The van der Waals surface area contributed by atoms with Crippen molar-refractivity contribution in [2.75, 3.05) is 19.8 Å². The number of carbonyl (C=O) groups is 1. The maximum absolute atomic E-state index is 13.2. The van der Waals surface area contributed by atoms with Crippen molar-refractivity contribution in [3.63, 3.8) is 0 Å². The number of halogens is 5. The van der Waals surface area contributed by atoms with Gasteiger partial charge in [-0.05, 0) is 5.56 Å². The number of hydrogen-bond acceptors (Lipinski definition) is 2. The average molecular weight is 309 g/mol. The minimum absolute atomic E-state index is 0.174. The van der Waals surface area contributed by atoms with Crippen LogP contribution in [0.1, 0.15) is 17.2 Å². The summed E-state index contributed by atoms with van der Waals surface area (Å²) in [6.45, 7) is 0.877. The highest BCUT2D eigenvalue weighted by atomic mass is 19.4. The highest BCUT2D eigenvalue weighted by Gasteiger charge is 2.58. The van der Waals surface area contributed by atoms with Gasteiger partial charge in [0.15, 0.2) is 0 Å². The summed E-state index contributed by atoms with van der Waals surface area (Å²) in [5, 5.41) is 0. The predicted octanol–water partition coefficient (Wildman–Crippen LogP) is 2.87. The molecular weight excluding hydrogens is 297 g/mol. The summed E-state index contributed by atoms with van der Waals surface area (Å²) in [4.78, 5) is 12.3. The second-order valence-electron chi connectivity index (χ2n) is 4.63. The van der Waals surface area contributed by atoms with E-state index in [4.69, 9.17) is 4.74 Å². The summed E-state index contributed by atoms with van der Waals surface area (Å²) in [6, 6.07) is 3.28. The summed E-state index contributed by atoms with van der Waals surface area (Å²) in [7, 11) is 0. The van der Waals surface area contributed by atoms with Gasteiger partial charge in [-0.25, -0.2) is 0 Å². The van der Waals surface area contributed by atoms with Crippen LogP contribution in [0.2, 0.25) is 0 Å². The van der Waals surface area contributed by atoms with Gasteiger partial charge in [-0.2, -0.15) is 22.0 Å². The van der Waals surface area contributed by atoms with E-state index in [1.807, 2.05) is 0 Å². The van der Waals surface area contributed by atoms with E-state index in [2.05, 4.69) is 0 Å². The standard InChI is InChI=1S/C13H12F5NO2/c14-12(15,13(16,17)18)10-3-1-9(2-4-10)11-7-21-6-5-19(11)8-20/h1-4,8,11H,5-7H2/t11-/m1/s1. The van der Waals surface area contributed by atoms with E-state index in [0.29, 0.717) is 25.1 Å². The molecule has 1 amide bonds. The van der Waals surface area contributed by atoms with Crippen LogP contribution in [-0.2, 0) is 15.5 Å². The molecule has 0 spiro atoms. The Hall–Kier alpha value is -1.70. The highest BCUT2D eigenvalue weighted by Crippen LogP contribution is 2.44. The van der Waals surface area contributed by atoms with Gasteiger partial charge in [-0.15, -0.1) is 0 Å². The van der Waals surface area contributed by atoms with Crippen LogP contribution in [0.15, 0.2) is 24.3 Å². The Morgan fingerprint density at radius 1 is 1.14 bits per heavy atom. The number of hydrogen-bond donors (Lipinski definition) is 0. The van der Waals surface area contributed by atoms with E-state index in [0.717, 1.165) is 24.3 Å². The predicted molar refractivity (Wildman–Crippen MR) is 62.7 cm³/mol. The van der Waals surface area contributed by atoms with Crippen LogP contribution in [0.4, 0.5) is 22.0 Å². The molecule has 1 heterocycles. The van der Waals surface area contributed by atoms with Crippen molar-refractivity contribution in [1.29, 1.82) is 0 Å². The Labute approximate surface area is 117 Å². The third-order valence-corrected chi connectivity index (χ3v) is 3.32. The number of carbonyl (C=O) groups excluding carboxylic acids is 1. The van der Waals surface area contributed by atoms with Gasteiger partial charge in [-0.1, -0.05) is 24.3 Å². The first-order valence-electron chi connectivity index (χ1n) is 6.11. The van der Waals surface area contributed by atoms with Crippen molar-refractivity contribution in [2.24, 2.45) is 0 Å². The molecule has 0 aromatic heterocycles. The molecule has 21 heavy (non-hydrogen) atoms. The molecule has 0 radical (unpaired) electrons. The maximum Gasteiger partial charge on any atom is 0.458 e. The van der Waals surface area contributed by atoms with Crippen LogP contribution in [0.5, 0.6) is 0 Å². The SMILES string of the molecule is O=CN1CCOC[C@@H]1c1ccc(C(F)(F)C(F)(F)F)cc1. The topological polar surface area (TPSA) is 29.5 Å². The van der Waals surface area contributed by atoms with E-state index < -0.39 is 23.7 Å². The first-order valence-corrected chi connectivity index (χ1v) is 6.11. The zero-order chi connectivity index (χ0) is 15.7. The van der Waals surface area contributed by atoms with Gasteiger partial charge in [0.25, 0.3) is 0 Å². The van der Waals surface area contributed by atoms with Gasteiger partial charge in [-0.3, -0.25) is 4.79 Å². The molecule has 3 nitrogen and oxygen atoms in total. The fraction of sp³-hybridized carbons (Fsp3) is 0.462. The van der Waals surface area contributed by atoms with Crippen molar-refractivity contribution in [3.8, 4) is 0 Å². The monoisotopic (exact) mass is 309 g/mol. The minimum atomic E-state index is -5.64. The van der Waals surface area contributed by atoms with Gasteiger partial charge < -0.3 is 9.64 Å². The molecule has 116 valence electrons. The van der Waals surface area contributed by atoms with Crippen LogP contribution in [0.25, 0.3) is 0 Å². The molecule has 0 saturated carbocycles. The Balaban J connectivity index is 2.24. The fourth-order valence-electron chi connectivity index (χ4n) is 2.11. The molecule has 1 fully saturated rings. The number of rotatable bonds is 3. The Morgan fingerprint density at radius 3 is 2.29 bits per heavy atom. The molecule has 1 atom stereocenters. The molecule has 1 aliphatic heterocycles. The molecule has 1 saturated heterocycles. The fourth-order valence-corrected chi connectivity index (χ4v) is 2.11. The molecule has 0 bridgehead atoms. The number of benzene rings is 1. The normalized spacial score (nSPS) is 20.4. The molecule has 1 aromatic rings. The summed E-state index contributed by atoms with van der Waals surface area (Å²) in [6.07, 6.45) is -5.04. The Kier molecular flexibility index (Phi) is 4.18. The molecule has 8 heteroatoms. The number of nitrogens with zero attached hydrogens (tertiary/aromatic N) is 1. The molecule has 0 N–H and O–H groups in total. The van der Waals surface area contributed by atoms with Gasteiger partial charge in [0.1, 0.15) is 0 Å². The lowest BCUT2D eigenvalue weighted by atomic mass is 10.0. The molecule has 0 aliphatic carbocycles. The van der Waals surface area contributed by atoms with Crippen LogP contribution in [-0.4, -0.2) is 37.2 Å². The number of amides is 1. The van der Waals surface area contributed by atoms with E-state index in [1.54, 1.807) is 0 Å². The summed E-state index contributed by atoms with van der Waals surface area (Å²) >= 11 is 0. The van der Waals surface area contributed by atoms with Gasteiger partial charge >= 0.3 is 12.1 Å². The lowest BCUT2D eigenvalue weighted by Gasteiger charge is -2.33. The molecule has 1 aliphatic rings. The smallest absolute Gasteiger partial charge is 0.377 e. The second-order valence-corrected chi connectivity index (χ2v) is 4.63. The van der Waals surface area contributed by atoms with Crippen LogP contribution >= 0.6 is 0 Å². The minimum Gasteiger partial charge on any atom is -0.377 e. The van der Waals surface area contributed by atoms with E-state index in [-0.39, 0.29) is 6.61 Å². The van der Waals surface area contributed by atoms with Crippen molar-refractivity contribution in [2.45, 2.75) is 18.1 Å². The van der Waals surface area contributed by atoms with Crippen molar-refractivity contribution in [1.82, 2.24) is 4.90 Å². The summed E-state index contributed by atoms with van der Waals surface area (Å²) in [5.74, 6) is -4.90. The third kappa shape index (κ3) is 2.99. The van der Waals surface area contributed by atoms with Crippen LogP contribution < -0.4 is 0 Å². The van der Waals surface area contributed by atoms with E-state index in [9.17, 15) is 26.7 Å². The lowest BCUT2D eigenvalue weighted by Crippen LogP contribution is -2.38. The zero-order valence-electron chi connectivity index (χ0n) is 10.7. The van der Waals surface area contributed by atoms with E-state index in [1.165, 1.54) is 4.90 Å². The second kappa shape index (κ2) is 5.59. The largest absolute Gasteiger partial charge is 0.458 e. The third-order valence-electron chi connectivity index (χ3n) is 3.32. The molecular formula is C13H12F5NO2. The number of morpholine rings is 1. The van der Waals surface area contributed by atoms with Crippen LogP contribution in [0.3, 0.4) is 0 Å². The molecule has 1 aromatic carbocycles. The quantitative estimate of drug-likeness (QED) is 0.635. The first-order chi connectivity index (χ1) is 9.77. The number of alkyl halides is 5. The van der Waals surface area contributed by atoms with Gasteiger partial charge in [0, 0.05) is 12.1 Å². The lowest BCUT2D eigenvalue weighted by molar-refractivity contribution is -0.289. The Bertz CT molecular complexity index is 500. The van der Waals surface area contributed by atoms with Crippen molar-refractivity contribution < 1.29 is 31.5 Å². The zero-order valence-corrected chi connectivity index (χ0v) is 10.7. The van der Waals surface area contributed by atoms with Gasteiger partial charge in [0.2, 0.25) is 6.41 Å². The molecule has 0 unspecified atom stereocenters. The van der Waals surface area contributed by atoms with Crippen molar-refractivity contribution in [3.05, 3.63) is 35.4 Å². The first kappa shape index (κ1) is 15.7. The van der Waals surface area contributed by atoms with Crippen LogP contribution in [0, 0.1) is 0 Å². The van der Waals surface area contributed by atoms with E-state index >= 15 is 0 Å². The Morgan fingerprint density at radius 2 is 1.76 bits per heavy atom. The molecule has 2 rings (SSSR count). The highest BCUT2D eigenvalue weighted by molar-refractivity contribution is 5.49. The van der Waals surface area contributed by atoms with Crippen molar-refractivity contribution >= 4 is 6.41 Å². The van der Waals surface area contributed by atoms with Gasteiger partial charge in [0.05, 0.1) is 19.3 Å². The number of ether oxygens (including phenoxy) is 1. The summed E-state index contributed by atoms with van der Waals surface area (Å²) in [5.41, 5.74) is -0.684. The average Bonchev–Trinajstić information content (AvgIpc) is 2.46. The maximum atomic E-state index is 13.2.